The fourth-order valence-electron chi connectivity index (χ4n) is 3.50. The third-order valence-corrected chi connectivity index (χ3v) is 5.92. The summed E-state index contributed by atoms with van der Waals surface area (Å²) in [5.41, 5.74) is 0. The number of hydrogen-bond donors (Lipinski definition) is 1. The molecule has 0 spiro atoms. The Morgan fingerprint density at radius 1 is 1.17 bits per heavy atom. The molecule has 9 heteroatoms. The molecule has 29 heavy (non-hydrogen) atoms. The molecule has 1 aliphatic rings. The van der Waals surface area contributed by atoms with E-state index in [1.807, 2.05) is 30.2 Å². The summed E-state index contributed by atoms with van der Waals surface area (Å²) in [5, 5.41) is 5.88. The molecule has 1 saturated heterocycles. The molecule has 0 saturated carbocycles. The Kier molecular flexibility index (Phi) is 5.48. The second-order valence-corrected chi connectivity index (χ2v) is 8.22. The van der Waals surface area contributed by atoms with E-state index >= 15 is 0 Å². The van der Waals surface area contributed by atoms with Crippen LogP contribution < -0.4 is 10.2 Å². The van der Waals surface area contributed by atoms with Crippen LogP contribution >= 0.6 is 11.3 Å². The van der Waals surface area contributed by atoms with Crippen LogP contribution in [-0.2, 0) is 4.79 Å². The highest BCUT2D eigenvalue weighted by Crippen LogP contribution is 2.27. The minimum Gasteiger partial charge on any atom is -0.459 e. The molecule has 1 fully saturated rings. The summed E-state index contributed by atoms with van der Waals surface area (Å²) in [6, 6.07) is 4.67. The number of carbonyl (C=O) groups excluding carboxylic acids is 2. The number of thiophene rings is 1. The maximum atomic E-state index is 13.1. The standard InChI is InChI=1S/C20H23N5O3S/c1-13(2)16(23-18(26)15-4-3-10-28-15)20(27)25-8-6-24(7-9-25)17-14-5-11-29-19(14)22-12-21-17/h3-5,10-13,16H,6-9H2,1-2H3,(H,23,26). The molecule has 3 aromatic rings. The summed E-state index contributed by atoms with van der Waals surface area (Å²) < 4.78 is 5.14. The Balaban J connectivity index is 1.42. The molecule has 0 bridgehead atoms. The first kappa shape index (κ1) is 19.4. The molecule has 152 valence electrons. The zero-order valence-corrected chi connectivity index (χ0v) is 17.2. The Morgan fingerprint density at radius 3 is 2.66 bits per heavy atom. The molecule has 0 aliphatic carbocycles. The molecule has 1 unspecified atom stereocenters. The topological polar surface area (TPSA) is 91.6 Å². The summed E-state index contributed by atoms with van der Waals surface area (Å²) in [4.78, 5) is 39.2. The van der Waals surface area contributed by atoms with Crippen LogP contribution in [0.4, 0.5) is 5.82 Å². The number of piperazine rings is 1. The summed E-state index contributed by atoms with van der Waals surface area (Å²) in [7, 11) is 0. The van der Waals surface area contributed by atoms with E-state index in [0.29, 0.717) is 26.2 Å². The average Bonchev–Trinajstić information content (AvgIpc) is 3.43. The van der Waals surface area contributed by atoms with Crippen LogP contribution in [0, 0.1) is 5.92 Å². The van der Waals surface area contributed by atoms with Crippen molar-refractivity contribution in [3.05, 3.63) is 41.9 Å². The number of anilines is 1. The summed E-state index contributed by atoms with van der Waals surface area (Å²) in [5.74, 6) is 0.642. The van der Waals surface area contributed by atoms with Gasteiger partial charge in [-0.3, -0.25) is 9.59 Å². The first-order valence-electron chi connectivity index (χ1n) is 9.61. The van der Waals surface area contributed by atoms with Gasteiger partial charge in [0.15, 0.2) is 5.76 Å². The number of nitrogens with zero attached hydrogens (tertiary/aromatic N) is 4. The van der Waals surface area contributed by atoms with Crippen LogP contribution in [0.5, 0.6) is 0 Å². The number of furan rings is 1. The maximum Gasteiger partial charge on any atom is 0.287 e. The predicted octanol–water partition coefficient (Wildman–Crippen LogP) is 2.39. The monoisotopic (exact) mass is 413 g/mol. The van der Waals surface area contributed by atoms with Gasteiger partial charge in [0, 0.05) is 26.2 Å². The van der Waals surface area contributed by atoms with Gasteiger partial charge in [0.25, 0.3) is 5.91 Å². The quantitative estimate of drug-likeness (QED) is 0.691. The van der Waals surface area contributed by atoms with Gasteiger partial charge in [-0.15, -0.1) is 11.3 Å². The normalized spacial score (nSPS) is 15.7. The van der Waals surface area contributed by atoms with Gasteiger partial charge in [-0.25, -0.2) is 9.97 Å². The fourth-order valence-corrected chi connectivity index (χ4v) is 4.23. The van der Waals surface area contributed by atoms with Gasteiger partial charge in [-0.2, -0.15) is 0 Å². The number of hydrogen-bond acceptors (Lipinski definition) is 7. The molecule has 1 aliphatic heterocycles. The van der Waals surface area contributed by atoms with Crippen molar-refractivity contribution < 1.29 is 14.0 Å². The second kappa shape index (κ2) is 8.20. The molecule has 1 atom stereocenters. The van der Waals surface area contributed by atoms with Crippen molar-refractivity contribution in [2.75, 3.05) is 31.1 Å². The predicted molar refractivity (Wildman–Crippen MR) is 111 cm³/mol. The third kappa shape index (κ3) is 3.95. The van der Waals surface area contributed by atoms with Crippen LogP contribution in [0.25, 0.3) is 10.2 Å². The van der Waals surface area contributed by atoms with Crippen molar-refractivity contribution in [1.29, 1.82) is 0 Å². The van der Waals surface area contributed by atoms with Gasteiger partial charge < -0.3 is 19.5 Å². The van der Waals surface area contributed by atoms with Crippen LogP contribution in [-0.4, -0.2) is 58.9 Å². The second-order valence-electron chi connectivity index (χ2n) is 7.32. The van der Waals surface area contributed by atoms with Gasteiger partial charge in [0.05, 0.1) is 11.6 Å². The smallest absolute Gasteiger partial charge is 0.287 e. The van der Waals surface area contributed by atoms with Crippen molar-refractivity contribution in [3.8, 4) is 0 Å². The largest absolute Gasteiger partial charge is 0.459 e. The Morgan fingerprint density at radius 2 is 1.97 bits per heavy atom. The molecular weight excluding hydrogens is 390 g/mol. The fraction of sp³-hybridized carbons (Fsp3) is 0.400. The molecule has 8 nitrogen and oxygen atoms in total. The van der Waals surface area contributed by atoms with Crippen molar-refractivity contribution in [3.63, 3.8) is 0 Å². The highest BCUT2D eigenvalue weighted by atomic mass is 32.1. The van der Waals surface area contributed by atoms with E-state index in [-0.39, 0.29) is 23.5 Å². The molecular formula is C20H23N5O3S. The van der Waals surface area contributed by atoms with E-state index in [9.17, 15) is 9.59 Å². The Hall–Kier alpha value is -2.94. The lowest BCUT2D eigenvalue weighted by Gasteiger charge is -2.37. The SMILES string of the molecule is CC(C)C(NC(=O)c1ccco1)C(=O)N1CCN(c2ncnc3sccc23)CC1. The summed E-state index contributed by atoms with van der Waals surface area (Å²) >= 11 is 1.59. The number of amides is 2. The molecule has 4 heterocycles. The van der Waals surface area contributed by atoms with Gasteiger partial charge >= 0.3 is 0 Å². The lowest BCUT2D eigenvalue weighted by Crippen LogP contribution is -2.56. The highest BCUT2D eigenvalue weighted by molar-refractivity contribution is 7.16. The Labute approximate surface area is 172 Å². The minimum atomic E-state index is -0.596. The van der Waals surface area contributed by atoms with Crippen LogP contribution in [0.1, 0.15) is 24.4 Å². The number of aromatic nitrogens is 2. The van der Waals surface area contributed by atoms with Crippen LogP contribution in [0.15, 0.2) is 40.6 Å². The van der Waals surface area contributed by atoms with E-state index < -0.39 is 6.04 Å². The molecule has 3 aromatic heterocycles. The first-order valence-corrected chi connectivity index (χ1v) is 10.5. The number of nitrogens with one attached hydrogen (secondary N) is 1. The van der Waals surface area contributed by atoms with E-state index in [0.717, 1.165) is 16.0 Å². The van der Waals surface area contributed by atoms with E-state index in [4.69, 9.17) is 4.42 Å². The summed E-state index contributed by atoms with van der Waals surface area (Å²) in [6.45, 7) is 6.38. The lowest BCUT2D eigenvalue weighted by atomic mass is 10.0. The molecule has 0 aromatic carbocycles. The third-order valence-electron chi connectivity index (χ3n) is 5.10. The molecule has 2 amide bonds. The maximum absolute atomic E-state index is 13.1. The zero-order chi connectivity index (χ0) is 20.4. The van der Waals surface area contributed by atoms with E-state index in [2.05, 4.69) is 20.2 Å². The van der Waals surface area contributed by atoms with Crippen molar-refractivity contribution in [1.82, 2.24) is 20.2 Å². The number of carbonyl (C=O) groups is 2. The minimum absolute atomic E-state index is 0.0354. The van der Waals surface area contributed by atoms with Crippen molar-refractivity contribution >= 4 is 39.2 Å². The van der Waals surface area contributed by atoms with Crippen LogP contribution in [0.2, 0.25) is 0 Å². The van der Waals surface area contributed by atoms with Crippen molar-refractivity contribution in [2.24, 2.45) is 5.92 Å². The van der Waals surface area contributed by atoms with Gasteiger partial charge in [0.2, 0.25) is 5.91 Å². The number of fused-ring (bicyclic) bond motifs is 1. The van der Waals surface area contributed by atoms with Gasteiger partial charge in [-0.1, -0.05) is 13.8 Å². The molecule has 0 radical (unpaired) electrons. The van der Waals surface area contributed by atoms with E-state index in [1.54, 1.807) is 29.8 Å². The highest BCUT2D eigenvalue weighted by Gasteiger charge is 2.32. The zero-order valence-electron chi connectivity index (χ0n) is 16.4. The average molecular weight is 414 g/mol. The Bertz CT molecular complexity index is 993. The molecule has 1 N–H and O–H groups in total. The first-order chi connectivity index (χ1) is 14.0. The summed E-state index contributed by atoms with van der Waals surface area (Å²) in [6.07, 6.45) is 3.03. The van der Waals surface area contributed by atoms with E-state index in [1.165, 1.54) is 6.26 Å². The number of rotatable bonds is 5. The van der Waals surface area contributed by atoms with Gasteiger partial charge in [0.1, 0.15) is 23.0 Å². The van der Waals surface area contributed by atoms with Crippen molar-refractivity contribution in [2.45, 2.75) is 19.9 Å². The lowest BCUT2D eigenvalue weighted by molar-refractivity contribution is -0.134. The molecule has 4 rings (SSSR count). The van der Waals surface area contributed by atoms with Crippen LogP contribution in [0.3, 0.4) is 0 Å². The van der Waals surface area contributed by atoms with Gasteiger partial charge in [-0.05, 0) is 29.5 Å².